The molecule has 0 fully saturated rings. The van der Waals surface area contributed by atoms with Gasteiger partial charge in [-0.05, 0) is 0 Å². The van der Waals surface area contributed by atoms with Gasteiger partial charge in [0.05, 0.1) is 0 Å². The van der Waals surface area contributed by atoms with Crippen molar-refractivity contribution in [1.29, 1.82) is 0 Å². The first-order chi connectivity index (χ1) is 5.45. The quantitative estimate of drug-likeness (QED) is 0.351. The van der Waals surface area contributed by atoms with E-state index in [4.69, 9.17) is 0 Å². The maximum atomic E-state index is 2.33. The van der Waals surface area contributed by atoms with E-state index in [0.717, 1.165) is 0 Å². The van der Waals surface area contributed by atoms with Crippen LogP contribution in [0.1, 0.15) is 0 Å². The largest absolute Gasteiger partial charge is 4.00 e. The third kappa shape index (κ3) is 6.66. The van der Waals surface area contributed by atoms with Gasteiger partial charge < -0.3 is 43.6 Å². The van der Waals surface area contributed by atoms with Gasteiger partial charge in [0.2, 0.25) is 0 Å². The summed E-state index contributed by atoms with van der Waals surface area (Å²) in [6.07, 6.45) is 19.6. The molecule has 0 saturated heterocycles. The minimum absolute atomic E-state index is 0. The molecule has 2 aliphatic carbocycles. The number of hydrogen-bond donors (Lipinski definition) is 0. The van der Waals surface area contributed by atoms with Crippen LogP contribution >= 0.6 is 0 Å². The van der Waals surface area contributed by atoms with Gasteiger partial charge in [-0.15, -0.1) is 36.1 Å². The van der Waals surface area contributed by atoms with Crippen molar-refractivity contribution in [2.45, 2.75) is 0 Å². The number of hydrogen-bond acceptors (Lipinski definition) is 0. The van der Waals surface area contributed by atoms with Gasteiger partial charge in [0.15, 0.2) is 0 Å². The molecule has 0 bridgehead atoms. The normalized spacial score (nSPS) is 16.5. The smallest absolute Gasteiger partial charge is 1.00 e. The molecule has 2 rings (SSSR count). The fourth-order valence-corrected chi connectivity index (χ4v) is 1.41. The Morgan fingerprint density at radius 1 is 0.600 bits per heavy atom. The Kier molecular flexibility index (Phi) is 15.4. The van der Waals surface area contributed by atoms with Gasteiger partial charge in [-0.1, -0.05) is 24.3 Å². The van der Waals surface area contributed by atoms with Crippen LogP contribution in [-0.4, -0.2) is 0 Å². The molecule has 0 saturated carbocycles. The molecule has 4 heteroatoms. The average Bonchev–Trinajstić information content (AvgIpc) is 2.60. The molecule has 0 heterocycles. The Morgan fingerprint density at radius 2 is 0.867 bits per heavy atom. The topological polar surface area (TPSA) is 0 Å². The van der Waals surface area contributed by atoms with Crippen molar-refractivity contribution in [3.8, 4) is 0 Å². The van der Waals surface area contributed by atoms with Crippen molar-refractivity contribution in [1.82, 2.24) is 0 Å². The van der Waals surface area contributed by atoms with E-state index in [9.17, 15) is 0 Å². The number of allylic oxidation sites excluding steroid dienone is 8. The van der Waals surface area contributed by atoms with E-state index in [1.54, 1.807) is 0 Å². The summed E-state index contributed by atoms with van der Waals surface area (Å²) in [5.41, 5.74) is 0. The van der Waals surface area contributed by atoms with Gasteiger partial charge in [-0.3, -0.25) is 0 Å². The summed E-state index contributed by atoms with van der Waals surface area (Å²) in [6, 6.07) is 0. The van der Waals surface area contributed by atoms with Crippen LogP contribution in [0.4, 0.5) is 0 Å². The molecule has 0 N–H and O–H groups in total. The van der Waals surface area contributed by atoms with E-state index < -0.39 is 0 Å². The fourth-order valence-electron chi connectivity index (χ4n) is 1.41. The van der Waals surface area contributed by atoms with E-state index in [0.29, 0.717) is 11.8 Å². The molecule has 0 aromatic rings. The second kappa shape index (κ2) is 11.0. The summed E-state index contributed by atoms with van der Waals surface area (Å²) in [4.78, 5) is 0. The van der Waals surface area contributed by atoms with Crippen molar-refractivity contribution in [3.05, 3.63) is 55.0 Å². The molecule has 2 aliphatic rings. The molecule has 0 unspecified atom stereocenters. The Bertz CT molecular complexity index is 207. The summed E-state index contributed by atoms with van der Waals surface area (Å²) in [7, 11) is 0. The second-order valence-electron chi connectivity index (χ2n) is 2.89. The summed E-state index contributed by atoms with van der Waals surface area (Å²) in [6.45, 7) is 0. The Hall–Kier alpha value is 0.544. The Morgan fingerprint density at radius 3 is 1.13 bits per heavy atom. The maximum Gasteiger partial charge on any atom is 4.00 e. The van der Waals surface area contributed by atoms with Gasteiger partial charge >= 0.3 is 21.7 Å². The van der Waals surface area contributed by atoms with Crippen LogP contribution in [0, 0.1) is 18.3 Å². The van der Waals surface area contributed by atoms with Crippen molar-refractivity contribution in [3.63, 3.8) is 0 Å². The Labute approximate surface area is 125 Å². The molecular weight excluding hydrogens is 286 g/mol. The predicted octanol–water partition coefficient (Wildman–Crippen LogP) is -6.32. The SMILES string of the molecule is C1=CC([CH-]C2C=CC=C2)C=C1.[Cl-].[Cl-].[Cl-].[Ti+4]. The van der Waals surface area contributed by atoms with Crippen LogP contribution in [0.25, 0.3) is 0 Å². The Balaban J connectivity index is -0.000000360. The van der Waals surface area contributed by atoms with Crippen LogP contribution in [0.15, 0.2) is 48.6 Å². The third-order valence-electron chi connectivity index (χ3n) is 2.00. The van der Waals surface area contributed by atoms with Crippen LogP contribution in [0.2, 0.25) is 0 Å². The molecular formula is C11H11Cl3Ti. The van der Waals surface area contributed by atoms with Crippen molar-refractivity contribution in [2.24, 2.45) is 11.8 Å². The molecule has 0 aromatic heterocycles. The first kappa shape index (κ1) is 20.9. The zero-order chi connectivity index (χ0) is 7.52. The maximum absolute atomic E-state index is 2.33. The minimum Gasteiger partial charge on any atom is -1.00 e. The van der Waals surface area contributed by atoms with Crippen LogP contribution in [0.5, 0.6) is 0 Å². The van der Waals surface area contributed by atoms with Crippen molar-refractivity contribution >= 4 is 0 Å². The first-order valence-corrected chi connectivity index (χ1v) is 4.00. The molecule has 0 aromatic carbocycles. The summed E-state index contributed by atoms with van der Waals surface area (Å²) < 4.78 is 0. The van der Waals surface area contributed by atoms with E-state index >= 15 is 0 Å². The summed E-state index contributed by atoms with van der Waals surface area (Å²) >= 11 is 0. The van der Waals surface area contributed by atoms with Gasteiger partial charge in [-0.2, -0.15) is 0 Å². The minimum atomic E-state index is 0. The van der Waals surface area contributed by atoms with E-state index in [1.165, 1.54) is 0 Å². The molecule has 15 heavy (non-hydrogen) atoms. The van der Waals surface area contributed by atoms with Gasteiger partial charge in [0, 0.05) is 0 Å². The summed E-state index contributed by atoms with van der Waals surface area (Å²) in [5, 5.41) is 0. The van der Waals surface area contributed by atoms with Crippen LogP contribution < -0.4 is 37.2 Å². The zero-order valence-electron chi connectivity index (χ0n) is 7.98. The number of halogens is 3. The molecule has 0 aliphatic heterocycles. The molecule has 0 nitrogen and oxygen atoms in total. The molecule has 0 radical (unpaired) electrons. The average molecular weight is 297 g/mol. The fraction of sp³-hybridized carbons (Fsp3) is 0.182. The van der Waals surface area contributed by atoms with Crippen LogP contribution in [0.3, 0.4) is 0 Å². The zero-order valence-corrected chi connectivity index (χ0v) is 11.8. The van der Waals surface area contributed by atoms with Crippen LogP contribution in [-0.2, 0) is 21.7 Å². The standard InChI is InChI=1S/C11H11.3ClH.Ti/c1-2-6-10(5-1)9-11-7-3-4-8-11;;;;/h1-11H;3*1H;/q-1;;;;+4/p-3. The van der Waals surface area contributed by atoms with Gasteiger partial charge in [0.25, 0.3) is 0 Å². The van der Waals surface area contributed by atoms with Gasteiger partial charge in [0.1, 0.15) is 0 Å². The predicted molar refractivity (Wildman–Crippen MR) is 47.8 cm³/mol. The first-order valence-electron chi connectivity index (χ1n) is 4.00. The third-order valence-corrected chi connectivity index (χ3v) is 2.00. The van der Waals surface area contributed by atoms with Crippen molar-refractivity contribution in [2.75, 3.05) is 0 Å². The molecule has 0 amide bonds. The monoisotopic (exact) mass is 296 g/mol. The van der Waals surface area contributed by atoms with Gasteiger partial charge in [-0.25, -0.2) is 0 Å². The molecule has 0 atom stereocenters. The van der Waals surface area contributed by atoms with E-state index in [1.807, 2.05) is 0 Å². The second-order valence-corrected chi connectivity index (χ2v) is 2.89. The van der Waals surface area contributed by atoms with E-state index in [2.05, 4.69) is 55.0 Å². The summed E-state index contributed by atoms with van der Waals surface area (Å²) in [5.74, 6) is 1.10. The number of rotatable bonds is 2. The van der Waals surface area contributed by atoms with Crippen molar-refractivity contribution < 1.29 is 58.9 Å². The molecule has 0 spiro atoms. The van der Waals surface area contributed by atoms with E-state index in [-0.39, 0.29) is 58.9 Å². The molecule has 80 valence electrons.